The van der Waals surface area contributed by atoms with Crippen LogP contribution in [0.3, 0.4) is 0 Å². The molecule has 8 amide bonds. The van der Waals surface area contributed by atoms with Crippen LogP contribution in [0, 0.1) is 51.1 Å². The summed E-state index contributed by atoms with van der Waals surface area (Å²) in [5, 5.41) is 45.4. The highest BCUT2D eigenvalue weighted by molar-refractivity contribution is 6.30. The van der Waals surface area contributed by atoms with Crippen LogP contribution in [0.4, 0.5) is 22.0 Å². The van der Waals surface area contributed by atoms with Crippen LogP contribution in [0.2, 0.25) is 5.02 Å². The number of aryl methyl sites for hydroxylation is 4. The molecule has 770 valence electrons. The maximum absolute atomic E-state index is 14.2. The molecule has 18 rings (SSSR count). The molecule has 1 aliphatic carbocycles. The van der Waals surface area contributed by atoms with E-state index >= 15 is 0 Å². The summed E-state index contributed by atoms with van der Waals surface area (Å²) < 4.78 is 75.9. The van der Waals surface area contributed by atoms with Crippen molar-refractivity contribution in [2.75, 3.05) is 72.0 Å². The molecule has 5 fully saturated rings. The zero-order valence-electron chi connectivity index (χ0n) is 86.8. The highest BCUT2D eigenvalue weighted by Crippen LogP contribution is 2.44. The summed E-state index contributed by atoms with van der Waals surface area (Å²) in [6, 6.07) is 21.9. The number of imidazole rings is 4. The number of fused-ring (bicyclic) bond motifs is 4. The predicted octanol–water partition coefficient (Wildman–Crippen LogP) is 15.9. The maximum Gasteiger partial charge on any atom is 0.293 e. The van der Waals surface area contributed by atoms with Gasteiger partial charge < -0.3 is 44.7 Å². The number of hydrogen-bond donors (Lipinski definition) is 4. The fraction of sp³-hybridized carbons (Fsp3) is 0.495. The van der Waals surface area contributed by atoms with Crippen LogP contribution >= 0.6 is 11.6 Å². The lowest BCUT2D eigenvalue weighted by Crippen LogP contribution is -2.65. The van der Waals surface area contributed by atoms with E-state index in [1.807, 2.05) is 87.4 Å². The number of β-amino-alcohol motifs (C(OH)–C–C–N with tert-alkyl or cyclic N) is 1. The van der Waals surface area contributed by atoms with Gasteiger partial charge in [-0.25, -0.2) is 65.1 Å². The molecule has 9 aromatic heterocycles. The van der Waals surface area contributed by atoms with E-state index in [0.717, 1.165) is 50.7 Å². The molecule has 40 heteroatoms. The number of nitrogens with one attached hydrogen (secondary N) is 3. The van der Waals surface area contributed by atoms with Gasteiger partial charge in [-0.3, -0.25) is 48.6 Å². The van der Waals surface area contributed by atoms with Gasteiger partial charge in [0.15, 0.2) is 16.9 Å². The summed E-state index contributed by atoms with van der Waals surface area (Å²) in [5.41, 5.74) is 7.67. The number of aromatic nitrogens is 16. The summed E-state index contributed by atoms with van der Waals surface area (Å²) in [5.74, 6) is -3.84. The molecule has 4 N–H and O–H groups in total. The minimum Gasteiger partial charge on any atom is -0.389 e. The Bertz CT molecular complexity index is 7090. The number of carbonyl (C=O) groups is 8. The van der Waals surface area contributed by atoms with Gasteiger partial charge in [0.1, 0.15) is 68.6 Å². The molecule has 0 spiro atoms. The van der Waals surface area contributed by atoms with Gasteiger partial charge in [-0.05, 0) is 216 Å². The molecule has 0 radical (unpaired) electrons. The molecule has 1 atom stereocenters. The summed E-state index contributed by atoms with van der Waals surface area (Å²) in [4.78, 5) is 140. The number of aliphatic hydroxyl groups is 1. The van der Waals surface area contributed by atoms with E-state index in [9.17, 15) is 65.4 Å². The number of halogens is 6. The van der Waals surface area contributed by atoms with Gasteiger partial charge in [0, 0.05) is 137 Å². The molecule has 1 unspecified atom stereocenters. The van der Waals surface area contributed by atoms with Gasteiger partial charge in [0.25, 0.3) is 35.4 Å². The largest absolute Gasteiger partial charge is 0.389 e. The van der Waals surface area contributed by atoms with Crippen LogP contribution in [0.1, 0.15) is 308 Å². The Balaban J connectivity index is 0.000000146. The summed E-state index contributed by atoms with van der Waals surface area (Å²) in [6.45, 7) is 49.3. The van der Waals surface area contributed by atoms with Crippen molar-refractivity contribution in [2.24, 2.45) is 11.0 Å². The Morgan fingerprint density at radius 2 is 1.01 bits per heavy atom. The third-order valence-electron chi connectivity index (χ3n) is 27.8. The predicted molar refractivity (Wildman–Crippen MR) is 537 cm³/mol. The van der Waals surface area contributed by atoms with E-state index in [2.05, 4.69) is 85.5 Å². The van der Waals surface area contributed by atoms with Gasteiger partial charge >= 0.3 is 0 Å². The zero-order chi connectivity index (χ0) is 106. The average molecular weight is 2020 g/mol. The van der Waals surface area contributed by atoms with Crippen molar-refractivity contribution in [3.63, 3.8) is 0 Å². The first-order valence-electron chi connectivity index (χ1n) is 49.0. The number of rotatable bonds is 14. The smallest absolute Gasteiger partial charge is 0.293 e. The normalized spacial score (nSPS) is 18.0. The lowest BCUT2D eigenvalue weighted by Gasteiger charge is -2.46. The Morgan fingerprint density at radius 1 is 0.517 bits per heavy atom. The monoisotopic (exact) mass is 2010 g/mol. The fourth-order valence-electron chi connectivity index (χ4n) is 19.5. The Kier molecular flexibility index (Phi) is 29.0. The van der Waals surface area contributed by atoms with Crippen molar-refractivity contribution in [1.82, 2.24) is 118 Å². The van der Waals surface area contributed by atoms with Crippen LogP contribution in [0.25, 0.3) is 39.5 Å². The number of carbonyl (C=O) groups excluding carboxylic acids is 8. The Labute approximate surface area is 843 Å². The number of hydrogen-bond acceptors (Lipinski definition) is 20. The second kappa shape index (κ2) is 39.7. The van der Waals surface area contributed by atoms with Crippen molar-refractivity contribution in [2.45, 2.75) is 261 Å². The number of nitrogens with zero attached hydrogens (tertiary/aromatic N) is 22. The third-order valence-corrected chi connectivity index (χ3v) is 28.1. The molecular weight excluding hydrogens is 1890 g/mol. The second-order valence-corrected chi connectivity index (χ2v) is 44.8. The quantitative estimate of drug-likeness (QED) is 0.0735. The molecule has 3 aromatic carbocycles. The summed E-state index contributed by atoms with van der Waals surface area (Å²) in [7, 11) is 0. The number of aromatic amines is 2. The number of piperazine rings is 4. The van der Waals surface area contributed by atoms with Gasteiger partial charge in [-0.1, -0.05) is 93.0 Å². The standard InChI is InChI=1S/C28H31ClFN7O2.C27H36F2N8O2.C27H34FN5O3.C23H28FN5O2/c1-16-11-22(33-32-16)25(38)35-9-10-36(28(5,6)15-35)26(39)23-14-37-24(31-23)18(27(2,3)4)13-21(34-37)17-7-8-19(29)20(30)12-17;1-16-30-21(33-32-16)24(39)35-11-12-36(26(5,6)15-35)23(38)20-14-37-22(31-20)18(25(2,3)4)13-19(34-37)17-7-9-27(28,29)10-8-17;1-16(2)19-13-21(18-8-9-20(28)17(3)12-18)30-33-14-22(29-23(19)33)24(34)32-11-10-31(15-26(4,5)36)25(35)27(32,6)7;1-13(2)16-11-18(15-6-7-17(24)14(3)10-15)27-29-12-19(26-20(16)29)21(30)28-9-8-25-22(31)23(28,4)5/h7-8,11-14H,9-10,15H2,1-6H3,(H,32,33);13-14,17H,7-12,15H2,1-6H3,(H,30,32,33);8-9,12-14,16,36H,10-11,15H2,1-7H3;6-7,10,12-13,16H,8-9,11H2,1-5H3,(H,25,31). The van der Waals surface area contributed by atoms with E-state index in [-0.39, 0.29) is 146 Å². The van der Waals surface area contributed by atoms with Gasteiger partial charge in [0.2, 0.25) is 23.6 Å². The SMILES string of the molecule is Cc1cc(-c2cc(C(C)C)c3nc(C(=O)N4CCN(CC(C)(C)O)C(=O)C4(C)C)cn3n2)ccc1F.Cc1cc(C(=O)N2CCN(C(=O)c3cn4nc(-c5ccc(Cl)c(F)c5)cc(C(C)(C)C)c4n3)C(C)(C)C2)n[nH]1.Cc1cc(C2=Nn3cc(C(=O)N4CCNC(=O)C4(C)C)nc3C(C(C)C)C2)ccc1F.Cc1nc(C(=O)N2CCN(C(=O)c3cn4nc(C5CCC(F)(F)CC5)cc(C(C)(C)C)c4n3)C(C)(C)C2)n[nH]1. The van der Waals surface area contributed by atoms with Crippen LogP contribution < -0.4 is 5.32 Å². The molecule has 6 aliphatic rings. The van der Waals surface area contributed by atoms with Crippen molar-refractivity contribution in [3.8, 4) is 22.5 Å². The van der Waals surface area contributed by atoms with E-state index in [1.165, 1.54) is 29.2 Å². The lowest BCUT2D eigenvalue weighted by atomic mass is 9.82. The van der Waals surface area contributed by atoms with Crippen molar-refractivity contribution >= 4 is 81.5 Å². The van der Waals surface area contributed by atoms with Gasteiger partial charge in [0.05, 0.1) is 69.3 Å². The van der Waals surface area contributed by atoms with Gasteiger partial charge in [-0.15, -0.1) is 5.10 Å². The molecule has 14 heterocycles. The fourth-order valence-corrected chi connectivity index (χ4v) is 19.6. The average Bonchev–Trinajstić information content (AvgIpc) is 1.64. The van der Waals surface area contributed by atoms with E-state index in [4.69, 9.17) is 31.8 Å². The second-order valence-electron chi connectivity index (χ2n) is 44.4. The Morgan fingerprint density at radius 3 is 1.53 bits per heavy atom. The summed E-state index contributed by atoms with van der Waals surface area (Å²) in [6.07, 6.45) is 7.61. The number of alkyl halides is 2. The third kappa shape index (κ3) is 22.2. The lowest BCUT2D eigenvalue weighted by molar-refractivity contribution is -0.149. The Hall–Kier alpha value is -13.6. The number of H-pyrrole nitrogens is 2. The van der Waals surface area contributed by atoms with Crippen LogP contribution in [-0.4, -0.2) is 277 Å². The molecule has 0 bridgehead atoms. The first-order chi connectivity index (χ1) is 67.7. The highest BCUT2D eigenvalue weighted by Gasteiger charge is 2.49. The van der Waals surface area contributed by atoms with Crippen molar-refractivity contribution in [1.29, 1.82) is 0 Å². The highest BCUT2D eigenvalue weighted by atomic mass is 35.5. The molecule has 145 heavy (non-hydrogen) atoms. The molecule has 5 aliphatic heterocycles. The molecule has 12 aromatic rings. The van der Waals surface area contributed by atoms with Gasteiger partial charge in [-0.2, -0.15) is 25.5 Å². The van der Waals surface area contributed by atoms with Crippen LogP contribution in [0.5, 0.6) is 0 Å². The van der Waals surface area contributed by atoms with E-state index < -0.39 is 39.5 Å². The minimum atomic E-state index is -2.61. The van der Waals surface area contributed by atoms with E-state index in [1.54, 1.807) is 171 Å². The topological polar surface area (TPSA) is 382 Å². The number of benzene rings is 3. The first-order valence-corrected chi connectivity index (χ1v) is 49.4. The molecular formula is C105H129ClF5N25O9. The molecule has 4 saturated heterocycles. The molecule has 1 saturated carbocycles. The minimum absolute atomic E-state index is 0.0373. The maximum atomic E-state index is 14.2. The first kappa shape index (κ1) is 106. The summed E-state index contributed by atoms with van der Waals surface area (Å²) >= 11 is 5.88. The van der Waals surface area contributed by atoms with Crippen molar-refractivity contribution < 1.29 is 65.4 Å². The van der Waals surface area contributed by atoms with Crippen LogP contribution in [-0.2, 0) is 20.4 Å². The number of amides is 8. The van der Waals surface area contributed by atoms with Crippen molar-refractivity contribution in [3.05, 3.63) is 217 Å². The van der Waals surface area contributed by atoms with Crippen LogP contribution in [0.15, 0.2) is 109 Å². The van der Waals surface area contributed by atoms with E-state index in [0.29, 0.717) is 141 Å². The zero-order valence-corrected chi connectivity index (χ0v) is 87.5. The molecule has 34 nitrogen and oxygen atoms in total.